The molecule has 5 rings (SSSR count). The number of fused-ring (bicyclic) bond motifs is 3. The van der Waals surface area contributed by atoms with Crippen molar-refractivity contribution in [1.29, 1.82) is 0 Å². The summed E-state index contributed by atoms with van der Waals surface area (Å²) in [6.45, 7) is 3.76. The highest BCUT2D eigenvalue weighted by Gasteiger charge is 2.44. The summed E-state index contributed by atoms with van der Waals surface area (Å²) in [5, 5.41) is 5.01. The van der Waals surface area contributed by atoms with Gasteiger partial charge in [0.25, 0.3) is 0 Å². The number of esters is 1. The summed E-state index contributed by atoms with van der Waals surface area (Å²) in [6, 6.07) is 5.19. The molecule has 0 radical (unpaired) electrons. The molecule has 2 bridgehead atoms. The zero-order valence-electron chi connectivity index (χ0n) is 19.6. The van der Waals surface area contributed by atoms with Crippen LogP contribution in [0.5, 0.6) is 0 Å². The molecule has 0 spiro atoms. The fourth-order valence-corrected chi connectivity index (χ4v) is 6.14. The Morgan fingerprint density at radius 1 is 1.24 bits per heavy atom. The summed E-state index contributed by atoms with van der Waals surface area (Å²) >= 11 is 5.90. The van der Waals surface area contributed by atoms with E-state index in [4.69, 9.17) is 16.3 Å². The van der Waals surface area contributed by atoms with Crippen LogP contribution in [-0.4, -0.2) is 63.7 Å². The third-order valence-corrected chi connectivity index (χ3v) is 8.00. The quantitative estimate of drug-likeness (QED) is 0.604. The van der Waals surface area contributed by atoms with Crippen LogP contribution < -0.4 is 0 Å². The highest BCUT2D eigenvalue weighted by atomic mass is 35.5. The fraction of sp³-hybridized carbons (Fsp3) is 0.560. The van der Waals surface area contributed by atoms with Gasteiger partial charge in [-0.2, -0.15) is 5.10 Å². The summed E-state index contributed by atoms with van der Waals surface area (Å²) < 4.78 is 21.2. The van der Waals surface area contributed by atoms with Gasteiger partial charge >= 0.3 is 5.97 Å². The molecule has 1 amide bonds. The summed E-state index contributed by atoms with van der Waals surface area (Å²) in [5.41, 5.74) is 3.57. The molecule has 3 aliphatic rings. The molecule has 0 aliphatic carbocycles. The monoisotopic (exact) mass is 488 g/mol. The SMILES string of the molecule is COC(=O)C1CC2CCC(C1)N2CC(=O)N1CCc2c(C)nn(Cc3ccc(Cl)cc3F)c2C1. The Kier molecular flexibility index (Phi) is 6.37. The lowest BCUT2D eigenvalue weighted by Crippen LogP contribution is -2.50. The standard InChI is InChI=1S/C25H30ClFN4O3/c1-15-21-7-8-29(13-23(21)31(28-15)12-16-3-4-18(26)11-22(16)27)24(32)14-30-19-5-6-20(30)10-17(9-19)25(33)34-2/h3-4,11,17,19-20H,5-10,12-14H2,1-2H3. The molecule has 1 aromatic heterocycles. The van der Waals surface area contributed by atoms with Crippen LogP contribution in [0.15, 0.2) is 18.2 Å². The lowest BCUT2D eigenvalue weighted by Gasteiger charge is -2.39. The molecule has 3 aliphatic heterocycles. The third-order valence-electron chi connectivity index (χ3n) is 7.76. The van der Waals surface area contributed by atoms with Crippen molar-refractivity contribution < 1.29 is 18.7 Å². The summed E-state index contributed by atoms with van der Waals surface area (Å²) in [4.78, 5) is 29.5. The van der Waals surface area contributed by atoms with Gasteiger partial charge in [0.05, 0.1) is 44.0 Å². The van der Waals surface area contributed by atoms with Crippen molar-refractivity contribution in [1.82, 2.24) is 19.6 Å². The number of hydrogen-bond acceptors (Lipinski definition) is 5. The van der Waals surface area contributed by atoms with E-state index in [2.05, 4.69) is 10.00 Å². The van der Waals surface area contributed by atoms with Gasteiger partial charge in [-0.15, -0.1) is 0 Å². The highest BCUT2D eigenvalue weighted by Crippen LogP contribution is 2.39. The second-order valence-corrected chi connectivity index (χ2v) is 10.2. The molecule has 2 atom stereocenters. The molecule has 0 N–H and O–H groups in total. The summed E-state index contributed by atoms with van der Waals surface area (Å²) in [5.74, 6) is -0.449. The Hall–Kier alpha value is -2.45. The van der Waals surface area contributed by atoms with Crippen LogP contribution in [0, 0.1) is 18.7 Å². The molecule has 182 valence electrons. The number of aromatic nitrogens is 2. The molecule has 9 heteroatoms. The van der Waals surface area contributed by atoms with Crippen molar-refractivity contribution >= 4 is 23.5 Å². The molecule has 1 aromatic carbocycles. The minimum Gasteiger partial charge on any atom is -0.469 e. The number of nitrogens with zero attached hydrogens (tertiary/aromatic N) is 4. The predicted molar refractivity (Wildman–Crippen MR) is 125 cm³/mol. The number of methoxy groups -OCH3 is 1. The Bertz CT molecular complexity index is 1110. The van der Waals surface area contributed by atoms with E-state index in [0.29, 0.717) is 36.8 Å². The molecule has 2 fully saturated rings. The van der Waals surface area contributed by atoms with Crippen molar-refractivity contribution in [3.8, 4) is 0 Å². The number of aryl methyl sites for hydroxylation is 1. The Morgan fingerprint density at radius 3 is 2.65 bits per heavy atom. The number of halogens is 2. The van der Waals surface area contributed by atoms with Gasteiger partial charge in [-0.1, -0.05) is 17.7 Å². The van der Waals surface area contributed by atoms with Crippen molar-refractivity contribution in [3.63, 3.8) is 0 Å². The molecule has 4 heterocycles. The fourth-order valence-electron chi connectivity index (χ4n) is 5.98. The molecular weight excluding hydrogens is 459 g/mol. The largest absolute Gasteiger partial charge is 0.469 e. The van der Waals surface area contributed by atoms with E-state index in [-0.39, 0.29) is 35.7 Å². The van der Waals surface area contributed by atoms with E-state index in [0.717, 1.165) is 49.1 Å². The molecular formula is C25H30ClFN4O3. The summed E-state index contributed by atoms with van der Waals surface area (Å²) in [6.07, 6.45) is 4.31. The second-order valence-electron chi connectivity index (χ2n) is 9.72. The first-order chi connectivity index (χ1) is 16.3. The molecule has 2 aromatic rings. The number of hydrogen-bond donors (Lipinski definition) is 0. The van der Waals surface area contributed by atoms with Crippen LogP contribution in [0.4, 0.5) is 4.39 Å². The average molecular weight is 489 g/mol. The van der Waals surface area contributed by atoms with Crippen LogP contribution in [0.2, 0.25) is 5.02 Å². The van der Waals surface area contributed by atoms with Crippen LogP contribution in [0.25, 0.3) is 0 Å². The Morgan fingerprint density at radius 2 is 1.97 bits per heavy atom. The van der Waals surface area contributed by atoms with Gasteiger partial charge in [-0.25, -0.2) is 4.39 Å². The van der Waals surface area contributed by atoms with Gasteiger partial charge in [0, 0.05) is 29.2 Å². The molecule has 0 saturated carbocycles. The number of carbonyl (C=O) groups is 2. The smallest absolute Gasteiger partial charge is 0.308 e. The Balaban J connectivity index is 1.28. The molecule has 34 heavy (non-hydrogen) atoms. The third kappa shape index (κ3) is 4.33. The zero-order valence-corrected chi connectivity index (χ0v) is 20.4. The van der Waals surface area contributed by atoms with Crippen molar-refractivity contribution in [2.75, 3.05) is 20.2 Å². The van der Waals surface area contributed by atoms with E-state index >= 15 is 0 Å². The minimum atomic E-state index is -0.357. The summed E-state index contributed by atoms with van der Waals surface area (Å²) in [7, 11) is 1.44. The van der Waals surface area contributed by atoms with Gasteiger partial charge in [-0.05, 0) is 56.7 Å². The second kappa shape index (κ2) is 9.30. The van der Waals surface area contributed by atoms with Gasteiger partial charge < -0.3 is 9.64 Å². The zero-order chi connectivity index (χ0) is 24.0. The number of rotatable bonds is 5. The van der Waals surface area contributed by atoms with E-state index in [1.54, 1.807) is 12.1 Å². The molecule has 2 unspecified atom stereocenters. The average Bonchev–Trinajstić information content (AvgIpc) is 3.24. The lowest BCUT2D eigenvalue weighted by atomic mass is 9.90. The van der Waals surface area contributed by atoms with Gasteiger partial charge in [0.1, 0.15) is 5.82 Å². The maximum Gasteiger partial charge on any atom is 0.308 e. The van der Waals surface area contributed by atoms with E-state index in [1.165, 1.54) is 13.2 Å². The number of amides is 1. The highest BCUT2D eigenvalue weighted by molar-refractivity contribution is 6.30. The number of carbonyl (C=O) groups excluding carboxylic acids is 2. The van der Waals surface area contributed by atoms with Crippen LogP contribution in [-0.2, 0) is 33.8 Å². The number of piperidine rings is 1. The van der Waals surface area contributed by atoms with Gasteiger partial charge in [-0.3, -0.25) is 19.2 Å². The Labute approximate surface area is 203 Å². The number of ether oxygens (including phenoxy) is 1. The van der Waals surface area contributed by atoms with E-state index in [1.807, 2.05) is 16.5 Å². The maximum atomic E-state index is 14.4. The minimum absolute atomic E-state index is 0.0583. The van der Waals surface area contributed by atoms with Gasteiger partial charge in [0.2, 0.25) is 5.91 Å². The van der Waals surface area contributed by atoms with Crippen molar-refractivity contribution in [2.45, 2.75) is 64.2 Å². The molecule has 7 nitrogen and oxygen atoms in total. The van der Waals surface area contributed by atoms with Crippen molar-refractivity contribution in [3.05, 3.63) is 51.6 Å². The molecule has 2 saturated heterocycles. The van der Waals surface area contributed by atoms with Gasteiger partial charge in [0.15, 0.2) is 0 Å². The normalized spacial score (nSPS) is 24.2. The van der Waals surface area contributed by atoms with E-state index < -0.39 is 0 Å². The van der Waals surface area contributed by atoms with Crippen LogP contribution in [0.1, 0.15) is 48.2 Å². The lowest BCUT2D eigenvalue weighted by molar-refractivity contribution is -0.148. The first-order valence-electron chi connectivity index (χ1n) is 11.9. The van der Waals surface area contributed by atoms with E-state index in [9.17, 15) is 14.0 Å². The topological polar surface area (TPSA) is 67.7 Å². The van der Waals surface area contributed by atoms with Crippen molar-refractivity contribution in [2.24, 2.45) is 5.92 Å². The number of benzene rings is 1. The first-order valence-corrected chi connectivity index (χ1v) is 12.3. The first kappa shape index (κ1) is 23.3. The predicted octanol–water partition coefficient (Wildman–Crippen LogP) is 3.33. The van der Waals surface area contributed by atoms with Crippen LogP contribution >= 0.6 is 11.6 Å². The maximum absolute atomic E-state index is 14.4. The van der Waals surface area contributed by atoms with Crippen LogP contribution in [0.3, 0.4) is 0 Å².